The molecular weight excluding hydrogens is 304 g/mol. The molecule has 0 bridgehead atoms. The zero-order valence-electron chi connectivity index (χ0n) is 12.5. The molecule has 1 atom stereocenters. The fourth-order valence-electron chi connectivity index (χ4n) is 3.48. The molecule has 1 aromatic rings. The molecule has 0 radical (unpaired) electrons. The van der Waals surface area contributed by atoms with Crippen LogP contribution in [0.5, 0.6) is 5.75 Å². The van der Waals surface area contributed by atoms with Crippen LogP contribution in [0.3, 0.4) is 0 Å². The molecule has 0 aromatic heterocycles. The van der Waals surface area contributed by atoms with Crippen LogP contribution in [0.25, 0.3) is 0 Å². The second-order valence-corrected chi connectivity index (χ2v) is 6.60. The highest BCUT2D eigenvalue weighted by atomic mass is 35.5. The summed E-state index contributed by atoms with van der Waals surface area (Å²) in [6.45, 7) is 1.37. The highest BCUT2D eigenvalue weighted by molar-refractivity contribution is 6.32. The molecule has 0 amide bonds. The predicted molar refractivity (Wildman–Crippen MR) is 83.7 cm³/mol. The Morgan fingerprint density at radius 3 is 2.68 bits per heavy atom. The topological polar surface area (TPSA) is 55.8 Å². The summed E-state index contributed by atoms with van der Waals surface area (Å²) in [5.41, 5.74) is 0.00517. The first kappa shape index (κ1) is 15.6. The second kappa shape index (κ2) is 6.47. The minimum atomic E-state index is -0.782. The van der Waals surface area contributed by atoms with Crippen molar-refractivity contribution in [3.05, 3.63) is 28.8 Å². The van der Waals surface area contributed by atoms with Crippen molar-refractivity contribution in [2.75, 3.05) is 13.2 Å². The monoisotopic (exact) mass is 324 g/mol. The van der Waals surface area contributed by atoms with Crippen LogP contribution < -0.4 is 4.74 Å². The minimum Gasteiger partial charge on any atom is -0.486 e. The average molecular weight is 325 g/mol. The number of rotatable bonds is 4. The number of hydrogen-bond donors (Lipinski definition) is 1. The largest absolute Gasteiger partial charge is 0.486 e. The second-order valence-electron chi connectivity index (χ2n) is 6.20. The third-order valence-corrected chi connectivity index (χ3v) is 5.06. The van der Waals surface area contributed by atoms with Gasteiger partial charge in [0.2, 0.25) is 0 Å². The third kappa shape index (κ3) is 2.95. The molecule has 2 fully saturated rings. The summed E-state index contributed by atoms with van der Waals surface area (Å²) in [5, 5.41) is 10.1. The molecule has 0 spiro atoms. The number of halogens is 1. The Labute approximate surface area is 135 Å². The number of hydrogen-bond acceptors (Lipinski definition) is 3. The van der Waals surface area contributed by atoms with Crippen molar-refractivity contribution >= 4 is 17.6 Å². The van der Waals surface area contributed by atoms with Gasteiger partial charge in [0.05, 0.1) is 17.0 Å². The van der Waals surface area contributed by atoms with Crippen molar-refractivity contribution in [1.29, 1.82) is 0 Å². The van der Waals surface area contributed by atoms with Gasteiger partial charge in [-0.3, -0.25) is 4.79 Å². The van der Waals surface area contributed by atoms with Gasteiger partial charge in [0, 0.05) is 6.61 Å². The lowest BCUT2D eigenvalue weighted by atomic mass is 9.79. The molecule has 1 saturated heterocycles. The van der Waals surface area contributed by atoms with Crippen LogP contribution >= 0.6 is 11.6 Å². The van der Waals surface area contributed by atoms with Gasteiger partial charge in [-0.15, -0.1) is 0 Å². The summed E-state index contributed by atoms with van der Waals surface area (Å²) in [6, 6.07) is 5.42. The molecule has 5 heteroatoms. The molecule has 120 valence electrons. The Bertz CT molecular complexity index is 546. The normalized spacial score (nSPS) is 24.1. The van der Waals surface area contributed by atoms with Gasteiger partial charge in [0.25, 0.3) is 0 Å². The molecule has 2 aliphatic rings. The highest BCUT2D eigenvalue weighted by Gasteiger charge is 2.43. The Morgan fingerprint density at radius 2 is 2.09 bits per heavy atom. The summed E-state index contributed by atoms with van der Waals surface area (Å²) in [6.07, 6.45) is 5.21. The lowest BCUT2D eigenvalue weighted by Crippen LogP contribution is -2.32. The van der Waals surface area contributed by atoms with E-state index in [1.165, 1.54) is 0 Å². The van der Waals surface area contributed by atoms with E-state index in [-0.39, 0.29) is 6.10 Å². The van der Waals surface area contributed by atoms with Gasteiger partial charge >= 0.3 is 5.97 Å². The number of carbonyl (C=O) groups is 1. The Balaban J connectivity index is 1.80. The SMILES string of the molecule is O=C(O)C1(c2ccc(OC3CCCOC3)c(Cl)c2)CCCC1. The molecule has 4 nitrogen and oxygen atoms in total. The van der Waals surface area contributed by atoms with Crippen molar-refractivity contribution in [3.8, 4) is 5.75 Å². The van der Waals surface area contributed by atoms with Crippen LogP contribution in [0, 0.1) is 0 Å². The van der Waals surface area contributed by atoms with E-state index in [2.05, 4.69) is 0 Å². The number of carboxylic acids is 1. The van der Waals surface area contributed by atoms with Crippen LogP contribution in [0.15, 0.2) is 18.2 Å². The fraction of sp³-hybridized carbons (Fsp3) is 0.588. The Hall–Kier alpha value is -1.26. The smallest absolute Gasteiger partial charge is 0.314 e. The predicted octanol–water partition coefficient (Wildman–Crippen LogP) is 3.79. The first-order valence-electron chi connectivity index (χ1n) is 7.90. The van der Waals surface area contributed by atoms with E-state index in [0.29, 0.717) is 30.2 Å². The number of ether oxygens (including phenoxy) is 2. The summed E-state index contributed by atoms with van der Waals surface area (Å²) >= 11 is 6.33. The Kier molecular flexibility index (Phi) is 4.59. The van der Waals surface area contributed by atoms with Gasteiger partial charge in [-0.05, 0) is 43.4 Å². The van der Waals surface area contributed by atoms with E-state index in [4.69, 9.17) is 21.1 Å². The van der Waals surface area contributed by atoms with Crippen molar-refractivity contribution in [1.82, 2.24) is 0 Å². The Morgan fingerprint density at radius 1 is 1.32 bits per heavy atom. The highest BCUT2D eigenvalue weighted by Crippen LogP contribution is 2.43. The molecular formula is C17H21ClO4. The van der Waals surface area contributed by atoms with E-state index < -0.39 is 11.4 Å². The molecule has 3 rings (SSSR count). The van der Waals surface area contributed by atoms with Crippen molar-refractivity contribution in [2.24, 2.45) is 0 Å². The average Bonchev–Trinajstić information content (AvgIpc) is 3.01. The zero-order valence-corrected chi connectivity index (χ0v) is 13.3. The first-order chi connectivity index (χ1) is 10.6. The fourth-order valence-corrected chi connectivity index (χ4v) is 3.71. The van der Waals surface area contributed by atoms with E-state index in [0.717, 1.165) is 37.9 Å². The van der Waals surface area contributed by atoms with Gasteiger partial charge in [0.15, 0.2) is 0 Å². The van der Waals surface area contributed by atoms with Crippen LogP contribution in [0.1, 0.15) is 44.1 Å². The zero-order chi connectivity index (χ0) is 15.6. The van der Waals surface area contributed by atoms with E-state index in [9.17, 15) is 9.90 Å². The van der Waals surface area contributed by atoms with Crippen LogP contribution in [0.2, 0.25) is 5.02 Å². The number of carboxylic acid groups (broad SMARTS) is 1. The van der Waals surface area contributed by atoms with E-state index in [1.807, 2.05) is 6.07 Å². The summed E-state index contributed by atoms with van der Waals surface area (Å²) in [5.74, 6) is -0.144. The van der Waals surface area contributed by atoms with Crippen LogP contribution in [-0.4, -0.2) is 30.4 Å². The molecule has 1 heterocycles. The summed E-state index contributed by atoms with van der Waals surface area (Å²) < 4.78 is 11.3. The van der Waals surface area contributed by atoms with Gasteiger partial charge in [-0.2, -0.15) is 0 Å². The van der Waals surface area contributed by atoms with Gasteiger partial charge in [-0.25, -0.2) is 0 Å². The number of aliphatic carboxylic acids is 1. The van der Waals surface area contributed by atoms with Crippen molar-refractivity contribution < 1.29 is 19.4 Å². The van der Waals surface area contributed by atoms with Gasteiger partial charge in [-0.1, -0.05) is 30.5 Å². The van der Waals surface area contributed by atoms with Crippen LogP contribution in [0.4, 0.5) is 0 Å². The molecule has 1 aliphatic carbocycles. The lowest BCUT2D eigenvalue weighted by molar-refractivity contribution is -0.143. The lowest BCUT2D eigenvalue weighted by Gasteiger charge is -2.26. The maximum Gasteiger partial charge on any atom is 0.314 e. The van der Waals surface area contributed by atoms with Crippen LogP contribution in [-0.2, 0) is 14.9 Å². The third-order valence-electron chi connectivity index (χ3n) is 4.76. The van der Waals surface area contributed by atoms with E-state index in [1.54, 1.807) is 12.1 Å². The molecule has 1 aromatic carbocycles. The maximum absolute atomic E-state index is 11.7. The maximum atomic E-state index is 11.7. The quantitative estimate of drug-likeness (QED) is 0.915. The number of benzene rings is 1. The molecule has 1 aliphatic heterocycles. The molecule has 1 saturated carbocycles. The first-order valence-corrected chi connectivity index (χ1v) is 8.27. The van der Waals surface area contributed by atoms with Crippen molar-refractivity contribution in [3.63, 3.8) is 0 Å². The molecule has 22 heavy (non-hydrogen) atoms. The van der Waals surface area contributed by atoms with Gasteiger partial charge in [0.1, 0.15) is 11.9 Å². The van der Waals surface area contributed by atoms with Crippen molar-refractivity contribution in [2.45, 2.75) is 50.0 Å². The molecule has 1 N–H and O–H groups in total. The summed E-state index contributed by atoms with van der Waals surface area (Å²) in [7, 11) is 0. The standard InChI is InChI=1S/C17H21ClO4/c18-14-10-12(17(16(19)20)7-1-2-8-17)5-6-15(14)22-13-4-3-9-21-11-13/h5-6,10,13H,1-4,7-9,11H2,(H,19,20). The van der Waals surface area contributed by atoms with E-state index >= 15 is 0 Å². The molecule has 1 unspecified atom stereocenters. The summed E-state index contributed by atoms with van der Waals surface area (Å²) in [4.78, 5) is 11.7. The minimum absolute atomic E-state index is 0.0250. The van der Waals surface area contributed by atoms with Gasteiger partial charge < -0.3 is 14.6 Å².